The normalized spacial score (nSPS) is 9.85. The maximum Gasteiger partial charge on any atom is 0.257 e. The first kappa shape index (κ1) is 16.4. The number of aliphatic imine (C=N–C) groups is 1. The van der Waals surface area contributed by atoms with Gasteiger partial charge < -0.3 is 16.0 Å². The zero-order valence-corrected chi connectivity index (χ0v) is 13.6. The first-order valence-electron chi connectivity index (χ1n) is 6.16. The molecule has 1 heterocycles. The smallest absolute Gasteiger partial charge is 0.257 e. The zero-order chi connectivity index (χ0) is 13.7. The Morgan fingerprint density at radius 1 is 1.25 bits per heavy atom. The van der Waals surface area contributed by atoms with E-state index in [0.29, 0.717) is 18.3 Å². The van der Waals surface area contributed by atoms with Gasteiger partial charge in [0.25, 0.3) is 5.89 Å². The van der Waals surface area contributed by atoms with Crippen LogP contribution in [0.3, 0.4) is 0 Å². The van der Waals surface area contributed by atoms with E-state index in [1.54, 1.807) is 0 Å². The quantitative estimate of drug-likeness (QED) is 0.462. The first-order chi connectivity index (χ1) is 9.19. The first-order valence-corrected chi connectivity index (χ1v) is 6.16. The van der Waals surface area contributed by atoms with Gasteiger partial charge in [0.05, 0.1) is 0 Å². The van der Waals surface area contributed by atoms with Gasteiger partial charge in [-0.1, -0.05) is 24.2 Å². The predicted octanol–water partition coefficient (Wildman–Crippen LogP) is 1.73. The summed E-state index contributed by atoms with van der Waals surface area (Å²) < 4.78 is 5.18. The van der Waals surface area contributed by atoms with Gasteiger partial charge in [0.1, 0.15) is 0 Å². The third-order valence-electron chi connectivity index (χ3n) is 2.68. The molecule has 0 amide bonds. The Kier molecular flexibility index (Phi) is 6.43. The maximum atomic E-state index is 5.27. The van der Waals surface area contributed by atoms with Crippen molar-refractivity contribution in [3.05, 3.63) is 35.7 Å². The lowest BCUT2D eigenvalue weighted by Crippen LogP contribution is -2.23. The van der Waals surface area contributed by atoms with Crippen molar-refractivity contribution in [3.63, 3.8) is 0 Å². The second-order valence-electron chi connectivity index (χ2n) is 4.12. The van der Waals surface area contributed by atoms with Crippen molar-refractivity contribution < 1.29 is 4.52 Å². The standard InChI is InChI=1S/C13H17N5O.HI/c1-2-11-17-12(19-18-11)10-5-3-9(4-6-10)7-8-16-13(14)15;/h3-6H,2,7-8H2,1H3,(H4,14,15,16);1H. The third kappa shape index (κ3) is 4.48. The number of hydrogen-bond acceptors (Lipinski definition) is 4. The van der Waals surface area contributed by atoms with Crippen LogP contribution in [-0.2, 0) is 12.8 Å². The van der Waals surface area contributed by atoms with E-state index in [1.807, 2.05) is 31.2 Å². The van der Waals surface area contributed by atoms with Gasteiger partial charge in [0, 0.05) is 18.5 Å². The van der Waals surface area contributed by atoms with Crippen molar-refractivity contribution >= 4 is 29.9 Å². The summed E-state index contributed by atoms with van der Waals surface area (Å²) in [5.74, 6) is 1.38. The number of hydrogen-bond donors (Lipinski definition) is 2. The van der Waals surface area contributed by atoms with Crippen LogP contribution in [0.15, 0.2) is 33.8 Å². The average Bonchev–Trinajstić information content (AvgIpc) is 2.88. The molecule has 0 aliphatic carbocycles. The molecule has 4 N–H and O–H groups in total. The summed E-state index contributed by atoms with van der Waals surface area (Å²) in [5, 5.41) is 3.87. The summed E-state index contributed by atoms with van der Waals surface area (Å²) in [4.78, 5) is 8.23. The Labute approximate surface area is 134 Å². The van der Waals surface area contributed by atoms with Gasteiger partial charge in [-0.2, -0.15) is 4.98 Å². The van der Waals surface area contributed by atoms with Crippen LogP contribution in [-0.4, -0.2) is 22.6 Å². The monoisotopic (exact) mass is 387 g/mol. The fourth-order valence-corrected chi connectivity index (χ4v) is 1.64. The van der Waals surface area contributed by atoms with Gasteiger partial charge >= 0.3 is 0 Å². The molecule has 0 saturated heterocycles. The van der Waals surface area contributed by atoms with Crippen LogP contribution in [0.4, 0.5) is 0 Å². The van der Waals surface area contributed by atoms with E-state index >= 15 is 0 Å². The van der Waals surface area contributed by atoms with E-state index in [4.69, 9.17) is 16.0 Å². The van der Waals surface area contributed by atoms with Crippen molar-refractivity contribution in [2.24, 2.45) is 16.5 Å². The van der Waals surface area contributed by atoms with E-state index in [9.17, 15) is 0 Å². The zero-order valence-electron chi connectivity index (χ0n) is 11.2. The summed E-state index contributed by atoms with van der Waals surface area (Å²) in [6, 6.07) is 7.93. The van der Waals surface area contributed by atoms with Crippen molar-refractivity contribution in [3.8, 4) is 11.5 Å². The molecule has 0 atom stereocenters. The van der Waals surface area contributed by atoms with E-state index in [2.05, 4.69) is 15.1 Å². The molecule has 1 aromatic carbocycles. The van der Waals surface area contributed by atoms with Crippen molar-refractivity contribution in [2.45, 2.75) is 19.8 Å². The minimum absolute atomic E-state index is 0. The number of guanidine groups is 1. The molecule has 2 rings (SSSR count). The molecule has 0 radical (unpaired) electrons. The molecular weight excluding hydrogens is 369 g/mol. The molecule has 20 heavy (non-hydrogen) atoms. The van der Waals surface area contributed by atoms with E-state index in [0.717, 1.165) is 24.0 Å². The van der Waals surface area contributed by atoms with Crippen molar-refractivity contribution in [1.82, 2.24) is 10.1 Å². The topological polar surface area (TPSA) is 103 Å². The summed E-state index contributed by atoms with van der Waals surface area (Å²) in [6.07, 6.45) is 1.56. The number of halogens is 1. The minimum Gasteiger partial charge on any atom is -0.370 e. The Balaban J connectivity index is 0.00000200. The Morgan fingerprint density at radius 3 is 2.50 bits per heavy atom. The highest BCUT2D eigenvalue weighted by Crippen LogP contribution is 2.18. The number of benzene rings is 1. The Morgan fingerprint density at radius 2 is 1.95 bits per heavy atom. The number of aromatic nitrogens is 2. The van der Waals surface area contributed by atoms with E-state index in [1.165, 1.54) is 0 Å². The fourth-order valence-electron chi connectivity index (χ4n) is 1.64. The molecule has 0 aliphatic heterocycles. The number of nitrogens with zero attached hydrogens (tertiary/aromatic N) is 3. The molecule has 0 aliphatic rings. The molecule has 0 spiro atoms. The van der Waals surface area contributed by atoms with Gasteiger partial charge in [-0.15, -0.1) is 24.0 Å². The van der Waals surface area contributed by atoms with Gasteiger partial charge in [-0.05, 0) is 24.1 Å². The second kappa shape index (κ2) is 7.83. The highest BCUT2D eigenvalue weighted by molar-refractivity contribution is 14.0. The number of rotatable bonds is 5. The molecule has 0 unspecified atom stereocenters. The molecule has 6 nitrogen and oxygen atoms in total. The SMILES string of the molecule is CCc1noc(-c2ccc(CCN=C(N)N)cc2)n1.I. The van der Waals surface area contributed by atoms with Crippen molar-refractivity contribution in [2.75, 3.05) is 6.54 Å². The van der Waals surface area contributed by atoms with Crippen LogP contribution in [0.2, 0.25) is 0 Å². The third-order valence-corrected chi connectivity index (χ3v) is 2.68. The number of aryl methyl sites for hydroxylation is 1. The number of nitrogens with two attached hydrogens (primary N) is 2. The average molecular weight is 387 g/mol. The fraction of sp³-hybridized carbons (Fsp3) is 0.308. The largest absolute Gasteiger partial charge is 0.370 e. The summed E-state index contributed by atoms with van der Waals surface area (Å²) >= 11 is 0. The molecule has 2 aromatic rings. The summed E-state index contributed by atoms with van der Waals surface area (Å²) in [5.41, 5.74) is 12.6. The van der Waals surface area contributed by atoms with Crippen LogP contribution in [0.5, 0.6) is 0 Å². The maximum absolute atomic E-state index is 5.27. The van der Waals surface area contributed by atoms with Crippen LogP contribution < -0.4 is 11.5 Å². The highest BCUT2D eigenvalue weighted by Gasteiger charge is 2.06. The van der Waals surface area contributed by atoms with Gasteiger partial charge in [-0.3, -0.25) is 4.99 Å². The highest BCUT2D eigenvalue weighted by atomic mass is 127. The van der Waals surface area contributed by atoms with Gasteiger partial charge in [0.15, 0.2) is 11.8 Å². The molecule has 108 valence electrons. The molecule has 1 aromatic heterocycles. The van der Waals surface area contributed by atoms with Crippen LogP contribution in [0.25, 0.3) is 11.5 Å². The Hall–Kier alpha value is -1.64. The van der Waals surface area contributed by atoms with Gasteiger partial charge in [-0.25, -0.2) is 0 Å². The van der Waals surface area contributed by atoms with Gasteiger partial charge in [0.2, 0.25) is 0 Å². The van der Waals surface area contributed by atoms with Crippen LogP contribution in [0, 0.1) is 0 Å². The lowest BCUT2D eigenvalue weighted by Gasteiger charge is -2.00. The summed E-state index contributed by atoms with van der Waals surface area (Å²) in [7, 11) is 0. The summed E-state index contributed by atoms with van der Waals surface area (Å²) in [6.45, 7) is 2.57. The van der Waals surface area contributed by atoms with Crippen LogP contribution in [0.1, 0.15) is 18.3 Å². The molecule has 0 fully saturated rings. The minimum atomic E-state index is 0. The molecule has 0 bridgehead atoms. The molecular formula is C13H18IN5O. The van der Waals surface area contributed by atoms with E-state index in [-0.39, 0.29) is 29.9 Å². The lowest BCUT2D eigenvalue weighted by molar-refractivity contribution is 0.423. The predicted molar refractivity (Wildman–Crippen MR) is 88.9 cm³/mol. The lowest BCUT2D eigenvalue weighted by atomic mass is 10.1. The Bertz CT molecular complexity index is 560. The van der Waals surface area contributed by atoms with E-state index < -0.39 is 0 Å². The molecule has 7 heteroatoms. The second-order valence-corrected chi connectivity index (χ2v) is 4.12. The molecule has 0 saturated carbocycles. The van der Waals surface area contributed by atoms with Crippen LogP contribution >= 0.6 is 24.0 Å². The van der Waals surface area contributed by atoms with Crippen molar-refractivity contribution in [1.29, 1.82) is 0 Å².